The molecule has 0 aliphatic carbocycles. The highest BCUT2D eigenvalue weighted by Gasteiger charge is 2.04. The van der Waals surface area contributed by atoms with Gasteiger partial charge < -0.3 is 4.74 Å². The molecule has 0 amide bonds. The lowest BCUT2D eigenvalue weighted by molar-refractivity contribution is 0.0971. The Bertz CT molecular complexity index is 507. The van der Waals surface area contributed by atoms with E-state index in [0.717, 1.165) is 22.9 Å². The van der Waals surface area contributed by atoms with Crippen LogP contribution in [0.3, 0.4) is 0 Å². The van der Waals surface area contributed by atoms with E-state index in [1.807, 2.05) is 5.38 Å². The van der Waals surface area contributed by atoms with E-state index >= 15 is 0 Å². The van der Waals surface area contributed by atoms with Gasteiger partial charge in [-0.3, -0.25) is 0 Å². The van der Waals surface area contributed by atoms with Crippen molar-refractivity contribution in [2.24, 2.45) is 5.92 Å². The third kappa shape index (κ3) is 4.30. The molecule has 0 aliphatic rings. The average molecular weight is 296 g/mol. The molecule has 1 aromatic heterocycles. The summed E-state index contributed by atoms with van der Waals surface area (Å²) in [6.45, 7) is 5.77. The average Bonchev–Trinajstić information content (AvgIpc) is 2.88. The SMILES string of the molecule is CC(C)COCc1ccc(-c2nc(CCl)cs2)cc1. The first kappa shape index (κ1) is 14.5. The van der Waals surface area contributed by atoms with Gasteiger partial charge in [0.05, 0.1) is 18.2 Å². The molecule has 0 saturated heterocycles. The minimum absolute atomic E-state index is 0.470. The highest BCUT2D eigenvalue weighted by atomic mass is 35.5. The highest BCUT2D eigenvalue weighted by molar-refractivity contribution is 7.13. The standard InChI is InChI=1S/C15H18ClNOS/c1-11(2)8-18-9-12-3-5-13(6-4-12)15-17-14(7-16)10-19-15/h3-6,10-11H,7-9H2,1-2H3. The van der Waals surface area contributed by atoms with Crippen molar-refractivity contribution >= 4 is 22.9 Å². The molecule has 19 heavy (non-hydrogen) atoms. The fourth-order valence-corrected chi connectivity index (χ4v) is 2.71. The highest BCUT2D eigenvalue weighted by Crippen LogP contribution is 2.24. The van der Waals surface area contributed by atoms with Crippen LogP contribution >= 0.6 is 22.9 Å². The minimum Gasteiger partial charge on any atom is -0.377 e. The Balaban J connectivity index is 1.97. The third-order valence-electron chi connectivity index (χ3n) is 2.61. The molecule has 1 aromatic carbocycles. The van der Waals surface area contributed by atoms with Crippen molar-refractivity contribution in [1.29, 1.82) is 0 Å². The number of benzene rings is 1. The van der Waals surface area contributed by atoms with Gasteiger partial charge in [-0.2, -0.15) is 0 Å². The monoisotopic (exact) mass is 295 g/mol. The second-order valence-electron chi connectivity index (χ2n) is 4.88. The molecular formula is C15H18ClNOS. The molecule has 2 nitrogen and oxygen atoms in total. The molecule has 0 saturated carbocycles. The Morgan fingerprint density at radius 1 is 1.26 bits per heavy atom. The summed E-state index contributed by atoms with van der Waals surface area (Å²) in [5, 5.41) is 3.02. The predicted octanol–water partition coefficient (Wildman–Crippen LogP) is 4.72. The molecule has 2 aromatic rings. The quantitative estimate of drug-likeness (QED) is 0.719. The van der Waals surface area contributed by atoms with E-state index in [9.17, 15) is 0 Å². The van der Waals surface area contributed by atoms with E-state index in [1.54, 1.807) is 11.3 Å². The molecule has 0 N–H and O–H groups in total. The maximum Gasteiger partial charge on any atom is 0.123 e. The molecule has 4 heteroatoms. The smallest absolute Gasteiger partial charge is 0.123 e. The van der Waals surface area contributed by atoms with Crippen molar-refractivity contribution < 1.29 is 4.74 Å². The molecule has 0 unspecified atom stereocenters. The number of thiazole rings is 1. The number of aromatic nitrogens is 1. The van der Waals surface area contributed by atoms with Crippen LogP contribution in [0, 0.1) is 5.92 Å². The van der Waals surface area contributed by atoms with Gasteiger partial charge in [0.1, 0.15) is 5.01 Å². The fraction of sp³-hybridized carbons (Fsp3) is 0.400. The van der Waals surface area contributed by atoms with Gasteiger partial charge in [-0.25, -0.2) is 4.98 Å². The largest absolute Gasteiger partial charge is 0.377 e. The van der Waals surface area contributed by atoms with Crippen LogP contribution in [-0.4, -0.2) is 11.6 Å². The van der Waals surface area contributed by atoms with Crippen molar-refractivity contribution in [3.05, 3.63) is 40.9 Å². The topological polar surface area (TPSA) is 22.1 Å². The molecule has 0 fully saturated rings. The van der Waals surface area contributed by atoms with E-state index < -0.39 is 0 Å². The Morgan fingerprint density at radius 3 is 2.58 bits per heavy atom. The van der Waals surface area contributed by atoms with Crippen LogP contribution in [0.15, 0.2) is 29.6 Å². The van der Waals surface area contributed by atoms with E-state index in [1.165, 1.54) is 5.56 Å². The minimum atomic E-state index is 0.470. The molecule has 0 radical (unpaired) electrons. The molecule has 0 aliphatic heterocycles. The van der Waals surface area contributed by atoms with Crippen molar-refractivity contribution in [3.8, 4) is 10.6 Å². The maximum absolute atomic E-state index is 5.76. The Kier molecular flexibility index (Phi) is 5.37. The summed E-state index contributed by atoms with van der Waals surface area (Å²) in [6, 6.07) is 8.37. The molecule has 0 bridgehead atoms. The van der Waals surface area contributed by atoms with Crippen LogP contribution in [0.1, 0.15) is 25.1 Å². The van der Waals surface area contributed by atoms with E-state index in [2.05, 4.69) is 43.1 Å². The number of hydrogen-bond donors (Lipinski definition) is 0. The van der Waals surface area contributed by atoms with Gasteiger partial charge in [0.25, 0.3) is 0 Å². The predicted molar refractivity (Wildman–Crippen MR) is 81.6 cm³/mol. The lowest BCUT2D eigenvalue weighted by Crippen LogP contribution is -2.01. The van der Waals surface area contributed by atoms with Crippen molar-refractivity contribution in [2.45, 2.75) is 26.3 Å². The molecule has 1 heterocycles. The summed E-state index contributed by atoms with van der Waals surface area (Å²) < 4.78 is 5.62. The summed E-state index contributed by atoms with van der Waals surface area (Å²) in [6.07, 6.45) is 0. The van der Waals surface area contributed by atoms with Gasteiger partial charge in [-0.05, 0) is 11.5 Å². The van der Waals surface area contributed by atoms with E-state index in [-0.39, 0.29) is 0 Å². The second-order valence-corrected chi connectivity index (χ2v) is 6.01. The number of halogens is 1. The number of nitrogens with zero attached hydrogens (tertiary/aromatic N) is 1. The maximum atomic E-state index is 5.76. The number of rotatable bonds is 6. The van der Waals surface area contributed by atoms with Crippen LogP contribution < -0.4 is 0 Å². The molecule has 2 rings (SSSR count). The van der Waals surface area contributed by atoms with Crippen LogP contribution in [0.2, 0.25) is 0 Å². The summed E-state index contributed by atoms with van der Waals surface area (Å²) in [4.78, 5) is 4.47. The first-order chi connectivity index (χ1) is 9.19. The zero-order valence-corrected chi connectivity index (χ0v) is 12.8. The normalized spacial score (nSPS) is 11.2. The Morgan fingerprint density at radius 2 is 2.00 bits per heavy atom. The molecular weight excluding hydrogens is 278 g/mol. The summed E-state index contributed by atoms with van der Waals surface area (Å²) in [5.74, 6) is 1.04. The van der Waals surface area contributed by atoms with Crippen LogP contribution in [0.25, 0.3) is 10.6 Å². The van der Waals surface area contributed by atoms with Gasteiger partial charge in [-0.15, -0.1) is 22.9 Å². The summed E-state index contributed by atoms with van der Waals surface area (Å²) in [7, 11) is 0. The molecule has 102 valence electrons. The number of ether oxygens (including phenoxy) is 1. The van der Waals surface area contributed by atoms with E-state index in [4.69, 9.17) is 16.3 Å². The number of hydrogen-bond acceptors (Lipinski definition) is 3. The van der Waals surface area contributed by atoms with Gasteiger partial charge in [-0.1, -0.05) is 38.1 Å². The summed E-state index contributed by atoms with van der Waals surface area (Å²) in [5.41, 5.74) is 3.26. The number of alkyl halides is 1. The van der Waals surface area contributed by atoms with E-state index in [0.29, 0.717) is 18.4 Å². The molecule has 0 atom stereocenters. The van der Waals surface area contributed by atoms with Crippen molar-refractivity contribution in [1.82, 2.24) is 4.98 Å². The zero-order chi connectivity index (χ0) is 13.7. The fourth-order valence-electron chi connectivity index (χ4n) is 1.66. The Labute approximate surface area is 123 Å². The lowest BCUT2D eigenvalue weighted by Gasteiger charge is -2.07. The lowest BCUT2D eigenvalue weighted by atomic mass is 10.1. The zero-order valence-electron chi connectivity index (χ0n) is 11.2. The first-order valence-corrected chi connectivity index (χ1v) is 7.78. The van der Waals surface area contributed by atoms with Gasteiger partial charge in [0.15, 0.2) is 0 Å². The van der Waals surface area contributed by atoms with Gasteiger partial charge in [0.2, 0.25) is 0 Å². The Hall–Kier alpha value is -0.900. The second kappa shape index (κ2) is 7.04. The van der Waals surface area contributed by atoms with Crippen molar-refractivity contribution in [3.63, 3.8) is 0 Å². The van der Waals surface area contributed by atoms with Crippen LogP contribution in [0.4, 0.5) is 0 Å². The van der Waals surface area contributed by atoms with Crippen molar-refractivity contribution in [2.75, 3.05) is 6.61 Å². The van der Waals surface area contributed by atoms with Crippen LogP contribution in [-0.2, 0) is 17.2 Å². The third-order valence-corrected chi connectivity index (χ3v) is 3.82. The summed E-state index contributed by atoms with van der Waals surface area (Å²) >= 11 is 7.39. The molecule has 0 spiro atoms. The van der Waals surface area contributed by atoms with Gasteiger partial charge in [0, 0.05) is 17.6 Å². The van der Waals surface area contributed by atoms with Gasteiger partial charge >= 0.3 is 0 Å². The van der Waals surface area contributed by atoms with Crippen LogP contribution in [0.5, 0.6) is 0 Å². The first-order valence-electron chi connectivity index (χ1n) is 6.36.